The van der Waals surface area contributed by atoms with Crippen LogP contribution < -0.4 is 5.32 Å². The molecule has 4 heterocycles. The first-order valence-corrected chi connectivity index (χ1v) is 8.38. The van der Waals surface area contributed by atoms with E-state index in [2.05, 4.69) is 25.5 Å². The third-order valence-electron chi connectivity index (χ3n) is 4.03. The Balaban J connectivity index is 1.45. The van der Waals surface area contributed by atoms with Gasteiger partial charge in [0.1, 0.15) is 0 Å². The molecule has 0 aliphatic carbocycles. The monoisotopic (exact) mass is 345 g/mol. The summed E-state index contributed by atoms with van der Waals surface area (Å²) < 4.78 is 3.59. The molecule has 7 heteroatoms. The highest BCUT2D eigenvalue weighted by atomic mass is 15.3. The summed E-state index contributed by atoms with van der Waals surface area (Å²) in [4.78, 5) is 8.55. The number of hydrogen-bond acceptors (Lipinski definition) is 5. The summed E-state index contributed by atoms with van der Waals surface area (Å²) in [5.74, 6) is 0.812. The molecule has 26 heavy (non-hydrogen) atoms. The summed E-state index contributed by atoms with van der Waals surface area (Å²) in [7, 11) is 1.93. The van der Waals surface area contributed by atoms with Crippen LogP contribution in [0.2, 0.25) is 0 Å². The predicted octanol–water partition coefficient (Wildman–Crippen LogP) is 2.35. The van der Waals surface area contributed by atoms with E-state index in [1.54, 1.807) is 23.3 Å². The Labute approximate surface area is 151 Å². The SMILES string of the molecule is Cn1cc(CNCc2ccnc(-n3cccn3)c2)c(-c2cccnc2)n1. The molecule has 4 aromatic heterocycles. The maximum absolute atomic E-state index is 4.57. The molecule has 0 saturated carbocycles. The molecule has 0 spiro atoms. The van der Waals surface area contributed by atoms with Gasteiger partial charge in [-0.05, 0) is 35.9 Å². The second-order valence-electron chi connectivity index (χ2n) is 5.99. The maximum Gasteiger partial charge on any atom is 0.153 e. The van der Waals surface area contributed by atoms with Gasteiger partial charge < -0.3 is 5.32 Å². The molecule has 0 atom stereocenters. The molecule has 0 fully saturated rings. The number of rotatable bonds is 6. The van der Waals surface area contributed by atoms with Gasteiger partial charge in [0.25, 0.3) is 0 Å². The minimum Gasteiger partial charge on any atom is -0.308 e. The zero-order valence-electron chi connectivity index (χ0n) is 14.4. The Morgan fingerprint density at radius 1 is 1.08 bits per heavy atom. The van der Waals surface area contributed by atoms with E-state index in [0.717, 1.165) is 41.3 Å². The molecule has 4 aromatic rings. The molecular formula is C19H19N7. The first-order valence-electron chi connectivity index (χ1n) is 8.38. The van der Waals surface area contributed by atoms with Crippen LogP contribution in [0.3, 0.4) is 0 Å². The van der Waals surface area contributed by atoms with Gasteiger partial charge in [-0.2, -0.15) is 10.2 Å². The van der Waals surface area contributed by atoms with Crippen molar-refractivity contribution >= 4 is 0 Å². The third-order valence-corrected chi connectivity index (χ3v) is 4.03. The van der Waals surface area contributed by atoms with Gasteiger partial charge in [-0.3, -0.25) is 9.67 Å². The van der Waals surface area contributed by atoms with Crippen molar-refractivity contribution in [3.05, 3.63) is 78.6 Å². The van der Waals surface area contributed by atoms with E-state index in [1.807, 2.05) is 60.7 Å². The summed E-state index contributed by atoms with van der Waals surface area (Å²) in [5.41, 5.74) is 4.27. The van der Waals surface area contributed by atoms with E-state index in [0.29, 0.717) is 0 Å². The number of aryl methyl sites for hydroxylation is 1. The fourth-order valence-electron chi connectivity index (χ4n) is 2.85. The van der Waals surface area contributed by atoms with Crippen LogP contribution in [-0.4, -0.2) is 29.5 Å². The number of hydrogen-bond donors (Lipinski definition) is 1. The number of pyridine rings is 2. The van der Waals surface area contributed by atoms with Crippen LogP contribution in [0, 0.1) is 0 Å². The molecule has 0 aliphatic rings. The zero-order chi connectivity index (χ0) is 17.8. The average Bonchev–Trinajstić information content (AvgIpc) is 3.33. The lowest BCUT2D eigenvalue weighted by atomic mass is 10.1. The van der Waals surface area contributed by atoms with Crippen LogP contribution in [0.1, 0.15) is 11.1 Å². The lowest BCUT2D eigenvalue weighted by molar-refractivity contribution is 0.690. The van der Waals surface area contributed by atoms with E-state index in [9.17, 15) is 0 Å². The van der Waals surface area contributed by atoms with Crippen LogP contribution in [0.5, 0.6) is 0 Å². The fourth-order valence-corrected chi connectivity index (χ4v) is 2.85. The lowest BCUT2D eigenvalue weighted by Gasteiger charge is -2.07. The molecule has 0 radical (unpaired) electrons. The van der Waals surface area contributed by atoms with Crippen molar-refractivity contribution < 1.29 is 0 Å². The summed E-state index contributed by atoms with van der Waals surface area (Å²) in [6, 6.07) is 9.87. The standard InChI is InChI=1S/C19H19N7/c1-25-14-17(19(24-25)16-4-2-6-20-12-16)13-21-11-15-5-8-22-18(10-15)26-9-3-7-23-26/h2-10,12,14,21H,11,13H2,1H3. The summed E-state index contributed by atoms with van der Waals surface area (Å²) in [5, 5.41) is 12.3. The van der Waals surface area contributed by atoms with E-state index in [4.69, 9.17) is 0 Å². The first-order chi connectivity index (χ1) is 12.8. The zero-order valence-corrected chi connectivity index (χ0v) is 14.4. The van der Waals surface area contributed by atoms with Gasteiger partial charge in [0, 0.05) is 68.4 Å². The largest absolute Gasteiger partial charge is 0.308 e. The van der Waals surface area contributed by atoms with Gasteiger partial charge >= 0.3 is 0 Å². The summed E-state index contributed by atoms with van der Waals surface area (Å²) in [6.07, 6.45) is 11.1. The van der Waals surface area contributed by atoms with Crippen molar-refractivity contribution in [3.63, 3.8) is 0 Å². The highest BCUT2D eigenvalue weighted by molar-refractivity contribution is 5.61. The summed E-state index contributed by atoms with van der Waals surface area (Å²) in [6.45, 7) is 1.45. The Morgan fingerprint density at radius 2 is 2.04 bits per heavy atom. The molecule has 0 saturated heterocycles. The molecule has 0 bridgehead atoms. The Hall–Kier alpha value is -3.32. The van der Waals surface area contributed by atoms with E-state index in [-0.39, 0.29) is 0 Å². The van der Waals surface area contributed by atoms with Gasteiger partial charge in [0.2, 0.25) is 0 Å². The predicted molar refractivity (Wildman–Crippen MR) is 98.3 cm³/mol. The quantitative estimate of drug-likeness (QED) is 0.581. The Morgan fingerprint density at radius 3 is 2.85 bits per heavy atom. The van der Waals surface area contributed by atoms with Crippen molar-refractivity contribution in [2.45, 2.75) is 13.1 Å². The second kappa shape index (κ2) is 7.28. The van der Waals surface area contributed by atoms with Crippen molar-refractivity contribution in [2.75, 3.05) is 0 Å². The Kier molecular flexibility index (Phi) is 4.53. The molecule has 130 valence electrons. The fraction of sp³-hybridized carbons (Fsp3) is 0.158. The first kappa shape index (κ1) is 16.2. The van der Waals surface area contributed by atoms with E-state index >= 15 is 0 Å². The van der Waals surface area contributed by atoms with Crippen LogP contribution in [0.4, 0.5) is 0 Å². The van der Waals surface area contributed by atoms with Crippen LogP contribution in [0.25, 0.3) is 17.1 Å². The highest BCUT2D eigenvalue weighted by Gasteiger charge is 2.10. The number of aromatic nitrogens is 6. The van der Waals surface area contributed by atoms with E-state index < -0.39 is 0 Å². The molecule has 7 nitrogen and oxygen atoms in total. The van der Waals surface area contributed by atoms with Crippen molar-refractivity contribution in [2.24, 2.45) is 7.05 Å². The minimum atomic E-state index is 0.720. The normalized spacial score (nSPS) is 11.0. The third kappa shape index (κ3) is 3.52. The summed E-state index contributed by atoms with van der Waals surface area (Å²) >= 11 is 0. The van der Waals surface area contributed by atoms with Crippen molar-refractivity contribution in [3.8, 4) is 17.1 Å². The minimum absolute atomic E-state index is 0.720. The van der Waals surface area contributed by atoms with Crippen LogP contribution >= 0.6 is 0 Å². The molecule has 0 aromatic carbocycles. The van der Waals surface area contributed by atoms with Gasteiger partial charge in [-0.15, -0.1) is 0 Å². The van der Waals surface area contributed by atoms with Crippen molar-refractivity contribution in [1.29, 1.82) is 0 Å². The van der Waals surface area contributed by atoms with Crippen molar-refractivity contribution in [1.82, 2.24) is 34.8 Å². The molecule has 0 unspecified atom stereocenters. The molecule has 0 aliphatic heterocycles. The van der Waals surface area contributed by atoms with Gasteiger partial charge in [0.15, 0.2) is 5.82 Å². The average molecular weight is 345 g/mol. The highest BCUT2D eigenvalue weighted by Crippen LogP contribution is 2.20. The van der Waals surface area contributed by atoms with Crippen LogP contribution in [0.15, 0.2) is 67.5 Å². The smallest absolute Gasteiger partial charge is 0.153 e. The molecule has 1 N–H and O–H groups in total. The van der Waals surface area contributed by atoms with Gasteiger partial charge in [-0.1, -0.05) is 0 Å². The van der Waals surface area contributed by atoms with Crippen LogP contribution in [-0.2, 0) is 20.1 Å². The van der Waals surface area contributed by atoms with Gasteiger partial charge in [0.05, 0.1) is 5.69 Å². The second-order valence-corrected chi connectivity index (χ2v) is 5.99. The Bertz CT molecular complexity index is 974. The van der Waals surface area contributed by atoms with Gasteiger partial charge in [-0.25, -0.2) is 9.67 Å². The molecular weight excluding hydrogens is 326 g/mol. The number of nitrogens with one attached hydrogen (secondary N) is 1. The topological polar surface area (TPSA) is 73.5 Å². The molecule has 4 rings (SSSR count). The van der Waals surface area contributed by atoms with E-state index in [1.165, 1.54) is 0 Å². The lowest BCUT2D eigenvalue weighted by Crippen LogP contribution is -2.13. The number of nitrogens with zero attached hydrogens (tertiary/aromatic N) is 6. The molecule has 0 amide bonds. The maximum atomic E-state index is 4.57.